The first kappa shape index (κ1) is 43.4. The molecule has 2 aromatic carbocycles. The molecule has 2 saturated carbocycles. The van der Waals surface area contributed by atoms with E-state index >= 15 is 0 Å². The number of hydrogen-bond acceptors (Lipinski definition) is 11. The molecule has 11 nitrogen and oxygen atoms in total. The maximum absolute atomic E-state index is 12.7. The molecule has 3 atom stereocenters. The number of benzene rings is 2. The molecular weight excluding hydrogens is 749 g/mol. The third-order valence-electron chi connectivity index (χ3n) is 12.4. The summed E-state index contributed by atoms with van der Waals surface area (Å²) in [7, 11) is 1.92. The SMILES string of the molecule is CNc1ccc(CN(CCOC23CC(C)(C)CC(C)(CC(C)(CN=C(C)C(=CN)c4ccc(N5CCc6cccc(C=O)c6C5)nc4C(=O)O)C2)C3)CCSO)cc1. The van der Waals surface area contributed by atoms with E-state index in [9.17, 15) is 19.2 Å². The zero-order chi connectivity index (χ0) is 41.7. The summed E-state index contributed by atoms with van der Waals surface area (Å²) in [5, 5.41) is 13.6. The number of carboxylic acid groups (broad SMARTS) is 1. The largest absolute Gasteiger partial charge is 0.476 e. The van der Waals surface area contributed by atoms with Gasteiger partial charge in [0.2, 0.25) is 0 Å². The average Bonchev–Trinajstić information content (AvgIpc) is 3.17. The van der Waals surface area contributed by atoms with Crippen LogP contribution >= 0.6 is 12.0 Å². The number of rotatable bonds is 17. The highest BCUT2D eigenvalue weighted by molar-refractivity contribution is 7.93. The van der Waals surface area contributed by atoms with Crippen molar-refractivity contribution in [2.24, 2.45) is 27.0 Å². The van der Waals surface area contributed by atoms with Crippen LogP contribution in [0.3, 0.4) is 0 Å². The lowest BCUT2D eigenvalue weighted by Crippen LogP contribution is -2.57. The first-order chi connectivity index (χ1) is 27.6. The number of allylic oxidation sites excluding steroid dienone is 1. The molecule has 12 heteroatoms. The maximum atomic E-state index is 12.7. The van der Waals surface area contributed by atoms with Gasteiger partial charge in [0.15, 0.2) is 5.69 Å². The molecule has 58 heavy (non-hydrogen) atoms. The summed E-state index contributed by atoms with van der Waals surface area (Å²) in [4.78, 5) is 38.7. The van der Waals surface area contributed by atoms with Crippen LogP contribution in [0, 0.1) is 16.2 Å². The number of nitrogens with zero attached hydrogens (tertiary/aromatic N) is 4. The van der Waals surface area contributed by atoms with Gasteiger partial charge in [-0.3, -0.25) is 14.7 Å². The monoisotopic (exact) mass is 810 g/mol. The van der Waals surface area contributed by atoms with Gasteiger partial charge in [-0.05, 0) is 115 Å². The molecule has 2 aliphatic carbocycles. The number of hydrogen-bond donors (Lipinski definition) is 4. The fraction of sp³-hybridized carbons (Fsp3) is 0.522. The van der Waals surface area contributed by atoms with E-state index in [4.69, 9.17) is 15.5 Å². The van der Waals surface area contributed by atoms with E-state index < -0.39 is 5.97 Å². The number of carboxylic acids is 1. The highest BCUT2D eigenvalue weighted by Gasteiger charge is 2.58. The Balaban J connectivity index is 1.18. The van der Waals surface area contributed by atoms with Gasteiger partial charge < -0.3 is 30.3 Å². The van der Waals surface area contributed by atoms with Crippen LogP contribution in [0.2, 0.25) is 0 Å². The molecule has 1 aliphatic heterocycles. The maximum Gasteiger partial charge on any atom is 0.355 e. The van der Waals surface area contributed by atoms with E-state index in [1.807, 2.05) is 43.1 Å². The summed E-state index contributed by atoms with van der Waals surface area (Å²) < 4.78 is 16.7. The van der Waals surface area contributed by atoms with Crippen molar-refractivity contribution < 1.29 is 24.0 Å². The second-order valence-electron chi connectivity index (χ2n) is 18.4. The Morgan fingerprint density at radius 1 is 1.05 bits per heavy atom. The van der Waals surface area contributed by atoms with Crippen molar-refractivity contribution in [1.82, 2.24) is 9.88 Å². The Kier molecular flexibility index (Phi) is 13.4. The van der Waals surface area contributed by atoms with Crippen molar-refractivity contribution in [1.29, 1.82) is 0 Å². The lowest BCUT2D eigenvalue weighted by Gasteiger charge is -2.61. The minimum atomic E-state index is -1.14. The van der Waals surface area contributed by atoms with Crippen LogP contribution in [0.25, 0.3) is 5.57 Å². The number of ether oxygens (including phenoxy) is 1. The Bertz CT molecular complexity index is 2020. The molecule has 6 rings (SSSR count). The molecule has 2 bridgehead atoms. The number of aromatic carboxylic acids is 1. The molecular formula is C46H62N6O5S. The second-order valence-corrected chi connectivity index (χ2v) is 19.1. The third kappa shape index (κ3) is 10.1. The molecule has 312 valence electrons. The Hall–Kier alpha value is -4.23. The first-order valence-corrected chi connectivity index (χ1v) is 21.4. The lowest BCUT2D eigenvalue weighted by atomic mass is 9.48. The van der Waals surface area contributed by atoms with Crippen molar-refractivity contribution in [3.8, 4) is 0 Å². The number of aromatic nitrogens is 1. The molecule has 1 aromatic heterocycles. The molecule has 3 aliphatic rings. The summed E-state index contributed by atoms with van der Waals surface area (Å²) in [5.74, 6) is 0.0292. The number of carbonyl (C=O) groups is 2. The molecule has 0 radical (unpaired) electrons. The smallest absolute Gasteiger partial charge is 0.355 e. The standard InChI is InChI=1S/C46H62N6O5S/c1-32(38(22-47)37-14-15-40(50-41(37)42(54)55)52-17-16-34-8-7-9-35(25-53)39(34)24-52)49-31-45(5)28-44(4)26-43(2,3)27-46(29-44,30-45)57-20-18-51(19-21-58-56)23-33-10-12-36(48-6)13-11-33/h7-15,22,25,48,56H,16-21,23-24,26-31,47H2,1-6H3,(H,54,55). The summed E-state index contributed by atoms with van der Waals surface area (Å²) in [5.41, 5.74) is 12.6. The van der Waals surface area contributed by atoms with Gasteiger partial charge in [-0.2, -0.15) is 0 Å². The Morgan fingerprint density at radius 3 is 2.52 bits per heavy atom. The van der Waals surface area contributed by atoms with Crippen LogP contribution in [-0.4, -0.2) is 88.7 Å². The molecule has 5 N–H and O–H groups in total. The molecule has 2 heterocycles. The van der Waals surface area contributed by atoms with Gasteiger partial charge in [0.1, 0.15) is 12.1 Å². The van der Waals surface area contributed by atoms with Crippen LogP contribution in [-0.2, 0) is 24.2 Å². The predicted octanol–water partition coefficient (Wildman–Crippen LogP) is 8.44. The highest BCUT2D eigenvalue weighted by Crippen LogP contribution is 2.63. The Morgan fingerprint density at radius 2 is 1.83 bits per heavy atom. The Labute approximate surface area is 348 Å². The second kappa shape index (κ2) is 17.9. The number of aliphatic imine (C=N–C) groups is 1. The summed E-state index contributed by atoms with van der Waals surface area (Å²) in [6, 6.07) is 17.8. The quantitative estimate of drug-likeness (QED) is 0.0590. The van der Waals surface area contributed by atoms with Gasteiger partial charge in [0.05, 0.1) is 12.2 Å². The fourth-order valence-corrected chi connectivity index (χ4v) is 11.3. The summed E-state index contributed by atoms with van der Waals surface area (Å²) >= 11 is 0.877. The van der Waals surface area contributed by atoms with Gasteiger partial charge in [0.25, 0.3) is 0 Å². The minimum Gasteiger partial charge on any atom is -0.476 e. The van der Waals surface area contributed by atoms with Crippen LogP contribution in [0.1, 0.15) is 110 Å². The van der Waals surface area contributed by atoms with Crippen molar-refractivity contribution in [2.75, 3.05) is 55.8 Å². The van der Waals surface area contributed by atoms with E-state index in [1.54, 1.807) is 6.07 Å². The van der Waals surface area contributed by atoms with E-state index in [0.717, 1.165) is 93.3 Å². The van der Waals surface area contributed by atoms with Crippen molar-refractivity contribution in [3.63, 3.8) is 0 Å². The zero-order valence-corrected chi connectivity index (χ0v) is 36.0. The van der Waals surface area contributed by atoms with Gasteiger partial charge in [-0.15, -0.1) is 0 Å². The summed E-state index contributed by atoms with van der Waals surface area (Å²) in [6.45, 7) is 16.0. The van der Waals surface area contributed by atoms with Crippen LogP contribution in [0.5, 0.6) is 0 Å². The third-order valence-corrected chi connectivity index (χ3v) is 12.8. The highest BCUT2D eigenvalue weighted by atomic mass is 32.2. The number of pyridine rings is 1. The normalized spacial score (nSPS) is 24.4. The molecule has 3 aromatic rings. The fourth-order valence-electron chi connectivity index (χ4n) is 11.0. The minimum absolute atomic E-state index is 0.0741. The molecule has 3 unspecified atom stereocenters. The van der Waals surface area contributed by atoms with Gasteiger partial charge in [0, 0.05) is 86.4 Å². The van der Waals surface area contributed by atoms with Crippen LogP contribution in [0.15, 0.2) is 65.8 Å². The molecule has 0 saturated heterocycles. The van der Waals surface area contributed by atoms with Crippen molar-refractivity contribution in [2.45, 2.75) is 91.8 Å². The van der Waals surface area contributed by atoms with Crippen LogP contribution < -0.4 is 16.0 Å². The van der Waals surface area contributed by atoms with E-state index in [0.29, 0.717) is 60.2 Å². The van der Waals surface area contributed by atoms with Gasteiger partial charge in [-0.1, -0.05) is 58.0 Å². The number of fused-ring (bicyclic) bond motifs is 3. The molecule has 0 amide bonds. The van der Waals surface area contributed by atoms with E-state index in [1.165, 1.54) is 11.8 Å². The van der Waals surface area contributed by atoms with Crippen molar-refractivity contribution >= 4 is 47.1 Å². The molecule has 2 fully saturated rings. The topological polar surface area (TPSA) is 154 Å². The first-order valence-electron chi connectivity index (χ1n) is 20.5. The number of aldehydes is 1. The number of nitrogens with two attached hydrogens (primary N) is 1. The predicted molar refractivity (Wildman–Crippen MR) is 236 cm³/mol. The number of anilines is 2. The number of nitrogens with one attached hydrogen (secondary N) is 1. The van der Waals surface area contributed by atoms with Crippen molar-refractivity contribution in [3.05, 3.63) is 94.3 Å². The van der Waals surface area contributed by atoms with Crippen LogP contribution in [0.4, 0.5) is 11.5 Å². The lowest BCUT2D eigenvalue weighted by molar-refractivity contribution is -0.190. The number of carbonyl (C=O) groups excluding carboxylic acids is 1. The summed E-state index contributed by atoms with van der Waals surface area (Å²) in [6.07, 6.45) is 8.02. The zero-order valence-electron chi connectivity index (χ0n) is 35.1. The van der Waals surface area contributed by atoms with Gasteiger partial charge in [-0.25, -0.2) is 9.78 Å². The van der Waals surface area contributed by atoms with Gasteiger partial charge >= 0.3 is 5.97 Å². The molecule has 0 spiro atoms. The van der Waals surface area contributed by atoms with E-state index in [2.05, 4.69) is 67.2 Å². The van der Waals surface area contributed by atoms with E-state index in [-0.39, 0.29) is 27.5 Å². The average molecular weight is 811 g/mol.